The Hall–Kier alpha value is -1.94. The topological polar surface area (TPSA) is 113 Å². The number of benzene rings is 1. The van der Waals surface area contributed by atoms with Gasteiger partial charge in [-0.1, -0.05) is 6.42 Å². The Morgan fingerprint density at radius 1 is 1.15 bits per heavy atom. The zero-order valence-electron chi connectivity index (χ0n) is 14.7. The number of rotatable bonds is 2. The van der Waals surface area contributed by atoms with E-state index >= 15 is 0 Å². The second-order valence-electron chi connectivity index (χ2n) is 7.20. The fraction of sp³-hybridized carbons (Fsp3) is 0.529. The minimum Gasteiger partial charge on any atom is -0.348 e. The van der Waals surface area contributed by atoms with Crippen molar-refractivity contribution in [2.45, 2.75) is 43.0 Å². The van der Waals surface area contributed by atoms with Gasteiger partial charge in [-0.25, -0.2) is 8.42 Å². The van der Waals surface area contributed by atoms with E-state index in [-0.39, 0.29) is 22.0 Å². The van der Waals surface area contributed by atoms with Crippen molar-refractivity contribution in [3.8, 4) is 0 Å². The number of carbonyl (C=O) groups excluding carboxylic acids is 1. The van der Waals surface area contributed by atoms with Crippen LogP contribution in [0.1, 0.15) is 42.5 Å². The molecule has 146 valence electrons. The standard InChI is InChI=1S/C17H21N3O5S2/c21-17(18-13-7-9-26(22,23)11-13)12-5-6-14-15(10-12)27(24,25)19-16-4-2-1-3-8-20(14)16/h5-6,10,13H,1-4,7-9,11H2,(H,18,21). The van der Waals surface area contributed by atoms with Gasteiger partial charge in [0.15, 0.2) is 9.84 Å². The second kappa shape index (κ2) is 6.59. The molecule has 2 fully saturated rings. The average molecular weight is 412 g/mol. The molecule has 8 nitrogen and oxygen atoms in total. The number of fused-ring (bicyclic) bond motifs is 3. The summed E-state index contributed by atoms with van der Waals surface area (Å²) >= 11 is 0. The molecule has 0 spiro atoms. The number of sulfone groups is 1. The van der Waals surface area contributed by atoms with Gasteiger partial charge in [0.2, 0.25) is 0 Å². The summed E-state index contributed by atoms with van der Waals surface area (Å²) in [5, 5.41) is 2.69. The number of amides is 1. The van der Waals surface area contributed by atoms with Crippen molar-refractivity contribution in [1.29, 1.82) is 0 Å². The van der Waals surface area contributed by atoms with Crippen LogP contribution in [-0.2, 0) is 19.9 Å². The number of nitrogens with one attached hydrogen (secondary N) is 1. The summed E-state index contributed by atoms with van der Waals surface area (Å²) in [5.74, 6) is 0.0703. The van der Waals surface area contributed by atoms with Crippen LogP contribution in [-0.4, -0.2) is 52.7 Å². The lowest BCUT2D eigenvalue weighted by Gasteiger charge is -2.29. The first-order valence-electron chi connectivity index (χ1n) is 9.02. The van der Waals surface area contributed by atoms with Gasteiger partial charge in [0, 0.05) is 24.6 Å². The van der Waals surface area contributed by atoms with Gasteiger partial charge in [0.1, 0.15) is 10.7 Å². The smallest absolute Gasteiger partial charge is 0.286 e. The predicted octanol–water partition coefficient (Wildman–Crippen LogP) is 1.08. The van der Waals surface area contributed by atoms with Gasteiger partial charge in [0.05, 0.1) is 17.2 Å². The van der Waals surface area contributed by atoms with Crippen molar-refractivity contribution in [2.75, 3.05) is 23.0 Å². The minimum atomic E-state index is -3.86. The molecule has 0 saturated carbocycles. The lowest BCUT2D eigenvalue weighted by molar-refractivity contribution is 0.0941. The summed E-state index contributed by atoms with van der Waals surface area (Å²) in [6.45, 7) is 0.701. The van der Waals surface area contributed by atoms with Gasteiger partial charge in [-0.15, -0.1) is 4.40 Å². The maximum Gasteiger partial charge on any atom is 0.286 e. The van der Waals surface area contributed by atoms with Crippen molar-refractivity contribution in [3.63, 3.8) is 0 Å². The Morgan fingerprint density at radius 3 is 2.70 bits per heavy atom. The number of nitrogens with zero attached hydrogens (tertiary/aromatic N) is 2. The highest BCUT2D eigenvalue weighted by atomic mass is 32.2. The summed E-state index contributed by atoms with van der Waals surface area (Å²) in [6.07, 6.45) is 3.88. The lowest BCUT2D eigenvalue weighted by Crippen LogP contribution is -2.37. The van der Waals surface area contributed by atoms with Crippen LogP contribution in [0.2, 0.25) is 0 Å². The van der Waals surface area contributed by atoms with Gasteiger partial charge in [-0.2, -0.15) is 8.42 Å². The summed E-state index contributed by atoms with van der Waals surface area (Å²) in [5.41, 5.74) is 0.747. The van der Waals surface area contributed by atoms with E-state index in [0.29, 0.717) is 30.9 Å². The molecule has 4 rings (SSSR count). The van der Waals surface area contributed by atoms with E-state index in [2.05, 4.69) is 9.71 Å². The zero-order valence-corrected chi connectivity index (χ0v) is 16.4. The molecule has 2 saturated heterocycles. The van der Waals surface area contributed by atoms with Crippen molar-refractivity contribution in [3.05, 3.63) is 23.8 Å². The molecule has 3 aliphatic rings. The predicted molar refractivity (Wildman–Crippen MR) is 101 cm³/mol. The maximum atomic E-state index is 12.6. The number of carbonyl (C=O) groups is 1. The molecule has 0 aromatic heterocycles. The highest BCUT2D eigenvalue weighted by molar-refractivity contribution is 7.91. The molecular weight excluding hydrogens is 390 g/mol. The van der Waals surface area contributed by atoms with Crippen LogP contribution >= 0.6 is 0 Å². The SMILES string of the molecule is O=C(NC1CCS(=O)(=O)C1)c1ccc2c(c1)S(=O)(=O)N=C1CCCCCN12. The number of sulfonamides is 1. The van der Waals surface area contributed by atoms with Crippen molar-refractivity contribution in [1.82, 2.24) is 5.32 Å². The largest absolute Gasteiger partial charge is 0.348 e. The van der Waals surface area contributed by atoms with Crippen molar-refractivity contribution >= 4 is 37.3 Å². The minimum absolute atomic E-state index is 0.0276. The highest BCUT2D eigenvalue weighted by Gasteiger charge is 2.33. The molecule has 1 unspecified atom stereocenters. The van der Waals surface area contributed by atoms with Crippen molar-refractivity contribution < 1.29 is 21.6 Å². The molecule has 1 N–H and O–H groups in total. The van der Waals surface area contributed by atoms with Gasteiger partial charge in [0.25, 0.3) is 15.9 Å². The molecule has 0 radical (unpaired) electrons. The normalized spacial score (nSPS) is 25.7. The van der Waals surface area contributed by atoms with E-state index in [9.17, 15) is 21.6 Å². The van der Waals surface area contributed by atoms with Crippen LogP contribution in [0.25, 0.3) is 0 Å². The third kappa shape index (κ3) is 3.60. The summed E-state index contributed by atoms with van der Waals surface area (Å²) < 4.78 is 52.3. The monoisotopic (exact) mass is 411 g/mol. The van der Waals surface area contributed by atoms with Crippen LogP contribution in [0, 0.1) is 0 Å². The fourth-order valence-electron chi connectivity index (χ4n) is 3.80. The van der Waals surface area contributed by atoms with Crippen LogP contribution in [0.5, 0.6) is 0 Å². The molecule has 0 aliphatic carbocycles. The molecule has 10 heteroatoms. The Labute approximate surface area is 158 Å². The third-order valence-corrected chi connectivity index (χ3v) is 8.28. The number of hydrogen-bond acceptors (Lipinski definition) is 6. The van der Waals surface area contributed by atoms with Gasteiger partial charge in [-0.3, -0.25) is 4.79 Å². The van der Waals surface area contributed by atoms with E-state index in [0.717, 1.165) is 19.3 Å². The molecule has 3 heterocycles. The Morgan fingerprint density at radius 2 is 1.96 bits per heavy atom. The first kappa shape index (κ1) is 18.4. The summed E-state index contributed by atoms with van der Waals surface area (Å²) in [6, 6.07) is 4.13. The number of amidine groups is 1. The molecule has 27 heavy (non-hydrogen) atoms. The third-order valence-electron chi connectivity index (χ3n) is 5.18. The highest BCUT2D eigenvalue weighted by Crippen LogP contribution is 2.35. The molecule has 3 aliphatic heterocycles. The van der Waals surface area contributed by atoms with Gasteiger partial charge < -0.3 is 10.2 Å². The molecule has 1 aromatic carbocycles. The Balaban J connectivity index is 1.63. The Bertz CT molecular complexity index is 1030. The van der Waals surface area contributed by atoms with E-state index in [4.69, 9.17) is 0 Å². The van der Waals surface area contributed by atoms with E-state index in [1.807, 2.05) is 4.90 Å². The molecular formula is C17H21N3O5S2. The quantitative estimate of drug-likeness (QED) is 0.779. The molecule has 1 amide bonds. The zero-order chi connectivity index (χ0) is 19.2. The van der Waals surface area contributed by atoms with Crippen LogP contribution in [0.4, 0.5) is 5.69 Å². The molecule has 1 atom stereocenters. The van der Waals surface area contributed by atoms with Crippen LogP contribution in [0.15, 0.2) is 27.5 Å². The second-order valence-corrected chi connectivity index (χ2v) is 11.0. The summed E-state index contributed by atoms with van der Waals surface area (Å²) in [4.78, 5) is 14.4. The number of hydrogen-bond donors (Lipinski definition) is 1. The fourth-order valence-corrected chi connectivity index (χ4v) is 6.76. The first-order valence-corrected chi connectivity index (χ1v) is 12.3. The average Bonchev–Trinajstić information content (AvgIpc) is 2.80. The van der Waals surface area contributed by atoms with E-state index < -0.39 is 31.8 Å². The lowest BCUT2D eigenvalue weighted by atomic mass is 10.1. The Kier molecular flexibility index (Phi) is 4.50. The summed E-state index contributed by atoms with van der Waals surface area (Å²) in [7, 11) is -6.97. The van der Waals surface area contributed by atoms with Crippen LogP contribution in [0.3, 0.4) is 0 Å². The van der Waals surface area contributed by atoms with Crippen molar-refractivity contribution in [2.24, 2.45) is 4.40 Å². The van der Waals surface area contributed by atoms with Crippen LogP contribution < -0.4 is 10.2 Å². The first-order chi connectivity index (χ1) is 12.8. The van der Waals surface area contributed by atoms with Gasteiger partial charge in [-0.05, 0) is 37.5 Å². The molecule has 0 bridgehead atoms. The number of anilines is 1. The molecule has 1 aromatic rings. The van der Waals surface area contributed by atoms with E-state index in [1.54, 1.807) is 12.1 Å². The maximum absolute atomic E-state index is 12.6. The van der Waals surface area contributed by atoms with Gasteiger partial charge >= 0.3 is 0 Å². The van der Waals surface area contributed by atoms with E-state index in [1.165, 1.54) is 6.07 Å².